The highest BCUT2D eigenvalue weighted by atomic mass is 32.1. The van der Waals surface area contributed by atoms with Gasteiger partial charge < -0.3 is 14.2 Å². The maximum absolute atomic E-state index is 13.8. The van der Waals surface area contributed by atoms with Gasteiger partial charge in [0.25, 0.3) is 5.56 Å². The van der Waals surface area contributed by atoms with E-state index in [1.54, 1.807) is 63.2 Å². The fourth-order valence-electron chi connectivity index (χ4n) is 4.72. The normalized spacial score (nSPS) is 14.6. The number of ether oxygens (including phenoxy) is 3. The van der Waals surface area contributed by atoms with Crippen LogP contribution in [0.3, 0.4) is 0 Å². The standard InChI is InChI=1S/C33H29FN2O6S/c1-4-40-31(38)24-11-9-21(10-12-24)19-42-26-8-6-7-22(17-26)18-27-30(37)36-29(23-13-15-25(34)16-14-23)28(32(39)41-5-2)20(3)35-33(36)43-27/h6-18,29H,4-5,19H2,1-3H3/b27-18-/t29-/m1/s1. The second kappa shape index (κ2) is 13.0. The molecule has 2 heterocycles. The van der Waals surface area contributed by atoms with Gasteiger partial charge in [0.2, 0.25) is 0 Å². The van der Waals surface area contributed by atoms with Gasteiger partial charge in [-0.15, -0.1) is 0 Å². The molecule has 0 N–H and O–H groups in total. The predicted molar refractivity (Wildman–Crippen MR) is 160 cm³/mol. The van der Waals surface area contributed by atoms with Gasteiger partial charge >= 0.3 is 11.9 Å². The van der Waals surface area contributed by atoms with Crippen molar-refractivity contribution in [3.63, 3.8) is 0 Å². The quantitative estimate of drug-likeness (QED) is 0.259. The molecule has 220 valence electrons. The Balaban J connectivity index is 1.45. The third-order valence-electron chi connectivity index (χ3n) is 6.73. The first-order chi connectivity index (χ1) is 20.8. The van der Waals surface area contributed by atoms with E-state index in [1.807, 2.05) is 24.3 Å². The molecular weight excluding hydrogens is 571 g/mol. The summed E-state index contributed by atoms with van der Waals surface area (Å²) in [5.41, 5.74) is 2.99. The molecule has 0 amide bonds. The van der Waals surface area contributed by atoms with E-state index < -0.39 is 17.8 Å². The van der Waals surface area contributed by atoms with Crippen LogP contribution in [0.2, 0.25) is 0 Å². The van der Waals surface area contributed by atoms with Gasteiger partial charge in [-0.3, -0.25) is 9.36 Å². The lowest BCUT2D eigenvalue weighted by Crippen LogP contribution is -2.39. The number of fused-ring (bicyclic) bond motifs is 1. The molecule has 3 aromatic carbocycles. The largest absolute Gasteiger partial charge is 0.489 e. The maximum atomic E-state index is 13.8. The molecule has 43 heavy (non-hydrogen) atoms. The predicted octanol–water partition coefficient (Wildman–Crippen LogP) is 4.69. The van der Waals surface area contributed by atoms with Gasteiger partial charge in [-0.1, -0.05) is 47.7 Å². The van der Waals surface area contributed by atoms with E-state index in [4.69, 9.17) is 14.2 Å². The lowest BCUT2D eigenvalue weighted by atomic mass is 9.96. The van der Waals surface area contributed by atoms with Crippen LogP contribution >= 0.6 is 11.3 Å². The molecule has 0 radical (unpaired) electrons. The van der Waals surface area contributed by atoms with Crippen LogP contribution in [0.4, 0.5) is 4.39 Å². The number of carbonyl (C=O) groups excluding carboxylic acids is 2. The number of aromatic nitrogens is 1. The summed E-state index contributed by atoms with van der Waals surface area (Å²) in [6.45, 7) is 5.91. The molecule has 8 nitrogen and oxygen atoms in total. The monoisotopic (exact) mass is 600 g/mol. The Morgan fingerprint density at radius 1 is 0.977 bits per heavy atom. The summed E-state index contributed by atoms with van der Waals surface area (Å²) in [6, 6.07) is 19.2. The van der Waals surface area contributed by atoms with E-state index in [2.05, 4.69) is 4.99 Å². The van der Waals surface area contributed by atoms with E-state index in [9.17, 15) is 18.8 Å². The fraction of sp³-hybridized carbons (Fsp3) is 0.212. The van der Waals surface area contributed by atoms with Crippen molar-refractivity contribution in [2.75, 3.05) is 13.2 Å². The summed E-state index contributed by atoms with van der Waals surface area (Å²) < 4.78 is 31.9. The molecule has 0 aliphatic carbocycles. The molecule has 0 saturated heterocycles. The second-order valence-corrected chi connectivity index (χ2v) is 10.6. The Kier molecular flexibility index (Phi) is 8.96. The molecule has 1 atom stereocenters. The van der Waals surface area contributed by atoms with Crippen molar-refractivity contribution in [2.45, 2.75) is 33.4 Å². The van der Waals surface area contributed by atoms with Crippen LogP contribution in [0.15, 0.2) is 93.9 Å². The van der Waals surface area contributed by atoms with Crippen LogP contribution in [0.1, 0.15) is 53.9 Å². The molecule has 0 saturated carbocycles. The number of esters is 2. The molecule has 0 bridgehead atoms. The molecule has 0 unspecified atom stereocenters. The van der Waals surface area contributed by atoms with E-state index >= 15 is 0 Å². The number of thiazole rings is 1. The van der Waals surface area contributed by atoms with Gasteiger partial charge in [-0.2, -0.15) is 0 Å². The highest BCUT2D eigenvalue weighted by Gasteiger charge is 2.33. The number of hydrogen-bond donors (Lipinski definition) is 0. The summed E-state index contributed by atoms with van der Waals surface area (Å²) in [5.74, 6) is -0.775. The molecule has 1 aliphatic rings. The van der Waals surface area contributed by atoms with Crippen LogP contribution < -0.4 is 19.6 Å². The zero-order chi connectivity index (χ0) is 30.5. The van der Waals surface area contributed by atoms with Crippen molar-refractivity contribution in [3.05, 3.63) is 132 Å². The third-order valence-corrected chi connectivity index (χ3v) is 7.71. The van der Waals surface area contributed by atoms with Crippen molar-refractivity contribution in [1.29, 1.82) is 0 Å². The number of allylic oxidation sites excluding steroid dienone is 1. The van der Waals surface area contributed by atoms with Gasteiger partial charge in [-0.05, 0) is 79.9 Å². The van der Waals surface area contributed by atoms with E-state index in [0.717, 1.165) is 11.1 Å². The van der Waals surface area contributed by atoms with Crippen molar-refractivity contribution >= 4 is 29.4 Å². The van der Waals surface area contributed by atoms with Gasteiger partial charge in [0, 0.05) is 0 Å². The van der Waals surface area contributed by atoms with Crippen LogP contribution in [-0.2, 0) is 20.9 Å². The molecule has 0 fully saturated rings. The molecule has 4 aromatic rings. The first kappa shape index (κ1) is 29.7. The SMILES string of the molecule is CCOC(=O)C1=C(C)N=c2s/c(=C\c3cccc(OCc4ccc(C(=O)OCC)cc4)c3)c(=O)n2[C@@H]1c1ccc(F)cc1. The van der Waals surface area contributed by atoms with Crippen molar-refractivity contribution in [1.82, 2.24) is 4.57 Å². The number of rotatable bonds is 9. The molecule has 0 spiro atoms. The van der Waals surface area contributed by atoms with Crippen LogP contribution in [-0.4, -0.2) is 29.7 Å². The van der Waals surface area contributed by atoms with Gasteiger partial charge in [0.15, 0.2) is 4.80 Å². The molecule has 5 rings (SSSR count). The average molecular weight is 601 g/mol. The van der Waals surface area contributed by atoms with Crippen LogP contribution in [0.25, 0.3) is 6.08 Å². The summed E-state index contributed by atoms with van der Waals surface area (Å²) in [6.07, 6.45) is 1.75. The highest BCUT2D eigenvalue weighted by Crippen LogP contribution is 2.30. The zero-order valence-corrected chi connectivity index (χ0v) is 24.7. The Morgan fingerprint density at radius 3 is 2.37 bits per heavy atom. The Hall–Kier alpha value is -4.83. The van der Waals surface area contributed by atoms with Crippen molar-refractivity contribution in [2.24, 2.45) is 4.99 Å². The third kappa shape index (κ3) is 6.49. The minimum Gasteiger partial charge on any atom is -0.489 e. The maximum Gasteiger partial charge on any atom is 0.338 e. The first-order valence-electron chi connectivity index (χ1n) is 13.7. The fourth-order valence-corrected chi connectivity index (χ4v) is 5.76. The Morgan fingerprint density at radius 2 is 1.67 bits per heavy atom. The molecule has 10 heteroatoms. The summed E-state index contributed by atoms with van der Waals surface area (Å²) in [5, 5.41) is 0. The topological polar surface area (TPSA) is 96.2 Å². The minimum absolute atomic E-state index is 0.160. The lowest BCUT2D eigenvalue weighted by Gasteiger charge is -2.24. The summed E-state index contributed by atoms with van der Waals surface area (Å²) in [4.78, 5) is 43.6. The minimum atomic E-state index is -0.817. The summed E-state index contributed by atoms with van der Waals surface area (Å²) in [7, 11) is 0. The number of carbonyl (C=O) groups is 2. The Bertz CT molecular complexity index is 1870. The Labute approximate surface area is 251 Å². The van der Waals surface area contributed by atoms with Gasteiger partial charge in [-0.25, -0.2) is 19.0 Å². The lowest BCUT2D eigenvalue weighted by molar-refractivity contribution is -0.139. The van der Waals surface area contributed by atoms with Crippen LogP contribution in [0.5, 0.6) is 5.75 Å². The number of halogens is 1. The average Bonchev–Trinajstić information content (AvgIpc) is 3.30. The molecular formula is C33H29FN2O6S. The second-order valence-electron chi connectivity index (χ2n) is 9.63. The van der Waals surface area contributed by atoms with E-state index in [-0.39, 0.29) is 30.3 Å². The van der Waals surface area contributed by atoms with E-state index in [0.29, 0.717) is 38.5 Å². The van der Waals surface area contributed by atoms with E-state index in [1.165, 1.54) is 28.0 Å². The summed E-state index contributed by atoms with van der Waals surface area (Å²) >= 11 is 1.20. The van der Waals surface area contributed by atoms with Gasteiger partial charge in [0.1, 0.15) is 18.2 Å². The van der Waals surface area contributed by atoms with Gasteiger partial charge in [0.05, 0.1) is 40.6 Å². The number of hydrogen-bond acceptors (Lipinski definition) is 8. The smallest absolute Gasteiger partial charge is 0.338 e. The highest BCUT2D eigenvalue weighted by molar-refractivity contribution is 7.07. The molecule has 1 aliphatic heterocycles. The number of benzene rings is 3. The number of nitrogens with zero attached hydrogens (tertiary/aromatic N) is 2. The van der Waals surface area contributed by atoms with Crippen molar-refractivity contribution < 1.29 is 28.2 Å². The zero-order valence-electron chi connectivity index (χ0n) is 23.8. The van der Waals surface area contributed by atoms with Crippen molar-refractivity contribution in [3.8, 4) is 5.75 Å². The first-order valence-corrected chi connectivity index (χ1v) is 14.5. The van der Waals surface area contributed by atoms with Crippen LogP contribution in [0, 0.1) is 5.82 Å². The molecule has 1 aromatic heterocycles.